The van der Waals surface area contributed by atoms with Gasteiger partial charge in [-0.05, 0) is 49.1 Å². The summed E-state index contributed by atoms with van der Waals surface area (Å²) < 4.78 is 18.0. The van der Waals surface area contributed by atoms with Crippen molar-refractivity contribution >= 4 is 28.9 Å². The molecule has 1 aliphatic heterocycles. The van der Waals surface area contributed by atoms with Crippen molar-refractivity contribution in [3.63, 3.8) is 0 Å². The third kappa shape index (κ3) is 4.26. The van der Waals surface area contributed by atoms with Gasteiger partial charge in [-0.15, -0.1) is 0 Å². The Kier molecular flexibility index (Phi) is 6.86. The van der Waals surface area contributed by atoms with Crippen molar-refractivity contribution in [3.8, 4) is 17.2 Å². The summed E-state index contributed by atoms with van der Waals surface area (Å²) in [6, 6.07) is 10.00. The third-order valence-corrected chi connectivity index (χ3v) is 6.26. The Labute approximate surface area is 204 Å². The molecule has 2 atom stereocenters. The van der Waals surface area contributed by atoms with Gasteiger partial charge in [0.15, 0.2) is 17.4 Å². The molecule has 4 rings (SSSR count). The van der Waals surface area contributed by atoms with Crippen LogP contribution in [0.4, 0.5) is 5.95 Å². The second-order valence-corrected chi connectivity index (χ2v) is 8.89. The van der Waals surface area contributed by atoms with Crippen LogP contribution in [0.25, 0.3) is 11.0 Å². The van der Waals surface area contributed by atoms with Gasteiger partial charge in [0.1, 0.15) is 0 Å². The summed E-state index contributed by atoms with van der Waals surface area (Å²) in [4.78, 5) is 33.6. The molecule has 9 heteroatoms. The lowest BCUT2D eigenvalue weighted by Crippen LogP contribution is -2.50. The van der Waals surface area contributed by atoms with Gasteiger partial charge >= 0.3 is 5.97 Å². The predicted octanol–water partition coefficient (Wildman–Crippen LogP) is 3.92. The number of carbonyl (C=O) groups is 2. The molecule has 0 unspecified atom stereocenters. The van der Waals surface area contributed by atoms with Crippen molar-refractivity contribution in [1.82, 2.24) is 9.55 Å². The fourth-order valence-corrected chi connectivity index (χ4v) is 4.53. The highest BCUT2D eigenvalue weighted by atomic mass is 16.5. The maximum Gasteiger partial charge on any atom is 0.321 e. The van der Waals surface area contributed by atoms with E-state index in [1.807, 2.05) is 28.8 Å². The molecule has 0 aliphatic carbocycles. The van der Waals surface area contributed by atoms with E-state index in [4.69, 9.17) is 19.2 Å². The molecule has 1 amide bonds. The van der Waals surface area contributed by atoms with Crippen LogP contribution >= 0.6 is 0 Å². The Balaban J connectivity index is 2.01. The van der Waals surface area contributed by atoms with E-state index < -0.39 is 17.9 Å². The lowest BCUT2D eigenvalue weighted by atomic mass is 9.88. The minimum Gasteiger partial charge on any atom is -0.502 e. The van der Waals surface area contributed by atoms with Crippen LogP contribution in [0.5, 0.6) is 17.2 Å². The molecule has 0 saturated heterocycles. The first kappa shape index (κ1) is 24.4. The largest absolute Gasteiger partial charge is 0.502 e. The fourth-order valence-electron chi connectivity index (χ4n) is 4.53. The number of benzene rings is 2. The number of phenolic OH excluding ortho intramolecular Hbond substituents is 1. The van der Waals surface area contributed by atoms with E-state index in [2.05, 4.69) is 13.8 Å². The molecule has 0 spiro atoms. The number of anilines is 1. The van der Waals surface area contributed by atoms with Gasteiger partial charge in [-0.1, -0.05) is 26.0 Å². The summed E-state index contributed by atoms with van der Waals surface area (Å²) in [7, 11) is 2.86. The van der Waals surface area contributed by atoms with Crippen LogP contribution in [-0.4, -0.2) is 53.9 Å². The van der Waals surface area contributed by atoms with Crippen molar-refractivity contribution in [2.45, 2.75) is 33.2 Å². The zero-order chi connectivity index (χ0) is 25.3. The van der Waals surface area contributed by atoms with Gasteiger partial charge in [-0.2, -0.15) is 0 Å². The number of aromatic nitrogens is 2. The highest BCUT2D eigenvalue weighted by molar-refractivity contribution is 6.08. The Morgan fingerprint density at radius 3 is 2.40 bits per heavy atom. The summed E-state index contributed by atoms with van der Waals surface area (Å²) in [5, 5.41) is 10.5. The van der Waals surface area contributed by atoms with Crippen molar-refractivity contribution in [2.24, 2.45) is 11.8 Å². The molecule has 1 aromatic heterocycles. The Bertz CT molecular complexity index is 1230. The molecule has 9 nitrogen and oxygen atoms in total. The number of hydrogen-bond donors (Lipinski definition) is 1. The second-order valence-electron chi connectivity index (χ2n) is 8.89. The van der Waals surface area contributed by atoms with Gasteiger partial charge in [0.05, 0.1) is 37.9 Å². The Morgan fingerprint density at radius 2 is 1.80 bits per heavy atom. The second kappa shape index (κ2) is 9.85. The first-order valence-electron chi connectivity index (χ1n) is 11.7. The van der Waals surface area contributed by atoms with Crippen LogP contribution in [0.15, 0.2) is 36.4 Å². The summed E-state index contributed by atoms with van der Waals surface area (Å²) >= 11 is 0. The lowest BCUT2D eigenvalue weighted by Gasteiger charge is -2.38. The quantitative estimate of drug-likeness (QED) is 0.384. The maximum absolute atomic E-state index is 13.9. The molecule has 2 heterocycles. The first-order valence-corrected chi connectivity index (χ1v) is 11.7. The molecule has 3 aromatic rings. The molecule has 1 aliphatic rings. The molecule has 2 aromatic carbocycles. The van der Waals surface area contributed by atoms with Crippen molar-refractivity contribution in [1.29, 1.82) is 0 Å². The smallest absolute Gasteiger partial charge is 0.321 e. The van der Waals surface area contributed by atoms with E-state index in [0.29, 0.717) is 29.5 Å². The SMILES string of the molecule is CCOC(=O)[C@H]1C(=O)N(CCC(C)C)c2nc3ccccc3n2[C@@H]1c1cc(OC)c(O)c(OC)c1. The zero-order valence-electron chi connectivity index (χ0n) is 20.6. The number of fused-ring (bicyclic) bond motifs is 3. The standard InChI is InChI=1S/C26H31N3O6/c1-6-35-25(32)21-22(16-13-19(33-4)23(30)20(14-16)34-5)29-18-10-8-7-9-17(18)27-26(29)28(24(21)31)12-11-15(2)3/h7-10,13-15,21-22,30H,6,11-12H2,1-5H3/t21-,22-/m1/s1. The number of aromatic hydroxyl groups is 1. The first-order chi connectivity index (χ1) is 16.8. The molecular formula is C26H31N3O6. The number of esters is 1. The minimum absolute atomic E-state index is 0.140. The van der Waals surface area contributed by atoms with Gasteiger partial charge < -0.3 is 23.9 Å². The highest BCUT2D eigenvalue weighted by Crippen LogP contribution is 2.46. The van der Waals surface area contributed by atoms with E-state index in [-0.39, 0.29) is 29.8 Å². The van der Waals surface area contributed by atoms with Gasteiger partial charge in [0.25, 0.3) is 0 Å². The zero-order valence-corrected chi connectivity index (χ0v) is 20.6. The molecule has 186 valence electrons. The number of methoxy groups -OCH3 is 2. The summed E-state index contributed by atoms with van der Waals surface area (Å²) in [6.45, 7) is 6.43. The van der Waals surface area contributed by atoms with Crippen LogP contribution in [0, 0.1) is 11.8 Å². The summed E-state index contributed by atoms with van der Waals surface area (Å²) in [5.74, 6) is -1.16. The van der Waals surface area contributed by atoms with Crippen LogP contribution in [0.1, 0.15) is 38.8 Å². The molecule has 1 N–H and O–H groups in total. The van der Waals surface area contributed by atoms with Gasteiger partial charge in [0, 0.05) is 6.54 Å². The normalized spacial score (nSPS) is 17.5. The van der Waals surface area contributed by atoms with Gasteiger partial charge in [-0.3, -0.25) is 14.5 Å². The number of ether oxygens (including phenoxy) is 3. The van der Waals surface area contributed by atoms with E-state index in [9.17, 15) is 14.7 Å². The third-order valence-electron chi connectivity index (χ3n) is 6.26. The van der Waals surface area contributed by atoms with Gasteiger partial charge in [-0.25, -0.2) is 4.98 Å². The van der Waals surface area contributed by atoms with Gasteiger partial charge in [0.2, 0.25) is 17.6 Å². The number of rotatable bonds is 8. The van der Waals surface area contributed by atoms with E-state index >= 15 is 0 Å². The molecular weight excluding hydrogens is 450 g/mol. The summed E-state index contributed by atoms with van der Waals surface area (Å²) in [6.07, 6.45) is 0.746. The molecule has 0 saturated carbocycles. The Hall–Kier alpha value is -3.75. The molecule has 0 radical (unpaired) electrons. The van der Waals surface area contributed by atoms with E-state index in [1.165, 1.54) is 14.2 Å². The number of nitrogens with zero attached hydrogens (tertiary/aromatic N) is 3. The topological polar surface area (TPSA) is 103 Å². The van der Waals surface area contributed by atoms with E-state index in [1.54, 1.807) is 24.0 Å². The predicted molar refractivity (Wildman–Crippen MR) is 131 cm³/mol. The molecule has 35 heavy (non-hydrogen) atoms. The number of imidazole rings is 1. The number of para-hydroxylation sites is 2. The van der Waals surface area contributed by atoms with Crippen molar-refractivity contribution in [3.05, 3.63) is 42.0 Å². The van der Waals surface area contributed by atoms with Crippen LogP contribution < -0.4 is 14.4 Å². The van der Waals surface area contributed by atoms with E-state index in [0.717, 1.165) is 11.9 Å². The van der Waals surface area contributed by atoms with Crippen molar-refractivity contribution < 1.29 is 28.9 Å². The maximum atomic E-state index is 13.9. The van der Waals surface area contributed by atoms with Crippen LogP contribution in [0.3, 0.4) is 0 Å². The average Bonchev–Trinajstić information content (AvgIpc) is 3.22. The number of phenols is 1. The molecule has 0 bridgehead atoms. The number of carbonyl (C=O) groups excluding carboxylic acids is 2. The lowest BCUT2D eigenvalue weighted by molar-refractivity contribution is -0.153. The monoisotopic (exact) mass is 481 g/mol. The Morgan fingerprint density at radius 1 is 1.14 bits per heavy atom. The van der Waals surface area contributed by atoms with Crippen molar-refractivity contribution in [2.75, 3.05) is 32.3 Å². The average molecular weight is 482 g/mol. The number of hydrogen-bond acceptors (Lipinski definition) is 7. The minimum atomic E-state index is -1.16. The molecule has 0 fully saturated rings. The van der Waals surface area contributed by atoms with Crippen LogP contribution in [-0.2, 0) is 14.3 Å². The fraction of sp³-hybridized carbons (Fsp3) is 0.423. The number of amides is 1. The summed E-state index contributed by atoms with van der Waals surface area (Å²) in [5.41, 5.74) is 2.03. The highest BCUT2D eigenvalue weighted by Gasteiger charge is 2.48. The van der Waals surface area contributed by atoms with Crippen LogP contribution in [0.2, 0.25) is 0 Å².